The number of aliphatic hydroxyl groups excluding tert-OH is 1. The number of amides is 3. The van der Waals surface area contributed by atoms with E-state index in [-0.39, 0.29) is 13.0 Å². The zero-order chi connectivity index (χ0) is 20.4. The molecular formula is C18H24N4O5. The van der Waals surface area contributed by atoms with Crippen LogP contribution in [0, 0.1) is 17.2 Å². The molecule has 0 aliphatic rings. The number of carbonyl (C=O) groups is 3. The van der Waals surface area contributed by atoms with Crippen LogP contribution in [0.15, 0.2) is 30.3 Å². The highest BCUT2D eigenvalue weighted by Gasteiger charge is 2.31. The van der Waals surface area contributed by atoms with E-state index in [9.17, 15) is 19.5 Å². The third-order valence-corrected chi connectivity index (χ3v) is 3.84. The molecule has 146 valence electrons. The van der Waals surface area contributed by atoms with Crippen LogP contribution in [0.5, 0.6) is 0 Å². The van der Waals surface area contributed by atoms with E-state index in [1.54, 1.807) is 31.2 Å². The van der Waals surface area contributed by atoms with Crippen LogP contribution in [0.25, 0.3) is 0 Å². The molecule has 1 aromatic rings. The summed E-state index contributed by atoms with van der Waals surface area (Å²) in [7, 11) is 0. The highest BCUT2D eigenvalue weighted by molar-refractivity contribution is 5.91. The quantitative estimate of drug-likeness (QED) is 0.482. The Bertz CT molecular complexity index is 687. The summed E-state index contributed by atoms with van der Waals surface area (Å²) >= 11 is 0. The van der Waals surface area contributed by atoms with Gasteiger partial charge in [-0.05, 0) is 18.4 Å². The second-order valence-electron chi connectivity index (χ2n) is 6.15. The summed E-state index contributed by atoms with van der Waals surface area (Å²) in [5.41, 5.74) is 6.02. The summed E-state index contributed by atoms with van der Waals surface area (Å²) in [4.78, 5) is 35.9. The zero-order valence-electron chi connectivity index (χ0n) is 15.2. The minimum absolute atomic E-state index is 0.000220. The number of primary amides is 1. The molecule has 0 aliphatic heterocycles. The lowest BCUT2D eigenvalue weighted by atomic mass is 9.97. The van der Waals surface area contributed by atoms with Gasteiger partial charge in [0.25, 0.3) is 0 Å². The largest absolute Gasteiger partial charge is 0.445 e. The number of nitrogens with zero attached hydrogens (tertiary/aromatic N) is 1. The summed E-state index contributed by atoms with van der Waals surface area (Å²) in [6.45, 7) is 2.88. The number of ether oxygens (including phenoxy) is 1. The van der Waals surface area contributed by atoms with Crippen molar-refractivity contribution < 1.29 is 24.2 Å². The van der Waals surface area contributed by atoms with Crippen molar-refractivity contribution in [3.05, 3.63) is 35.9 Å². The average Bonchev–Trinajstić information content (AvgIpc) is 2.62. The number of hydrogen-bond acceptors (Lipinski definition) is 6. The number of hydrogen-bond donors (Lipinski definition) is 4. The van der Waals surface area contributed by atoms with Gasteiger partial charge in [0.15, 0.2) is 0 Å². The molecule has 3 amide bonds. The van der Waals surface area contributed by atoms with Crippen LogP contribution in [0.3, 0.4) is 0 Å². The second-order valence-corrected chi connectivity index (χ2v) is 6.15. The molecule has 0 fully saturated rings. The first-order valence-electron chi connectivity index (χ1n) is 8.38. The van der Waals surface area contributed by atoms with Gasteiger partial charge in [0, 0.05) is 6.42 Å². The smallest absolute Gasteiger partial charge is 0.408 e. The van der Waals surface area contributed by atoms with E-state index in [1.807, 2.05) is 12.1 Å². The molecule has 9 heteroatoms. The number of alkyl carbamates (subject to hydrolysis) is 1. The molecule has 1 aromatic carbocycles. The van der Waals surface area contributed by atoms with Gasteiger partial charge in [0.2, 0.25) is 11.8 Å². The van der Waals surface area contributed by atoms with Gasteiger partial charge >= 0.3 is 6.09 Å². The minimum Gasteiger partial charge on any atom is -0.445 e. The number of aliphatic hydroxyl groups is 1. The summed E-state index contributed by atoms with van der Waals surface area (Å²) in [6.07, 6.45) is -2.16. The summed E-state index contributed by atoms with van der Waals surface area (Å²) in [5.74, 6) is -2.16. The van der Waals surface area contributed by atoms with Gasteiger partial charge < -0.3 is 26.2 Å². The lowest BCUT2D eigenvalue weighted by molar-refractivity contribution is -0.131. The molecule has 0 saturated heterocycles. The fourth-order valence-electron chi connectivity index (χ4n) is 2.30. The van der Waals surface area contributed by atoms with Crippen LogP contribution in [0.1, 0.15) is 25.8 Å². The second kappa shape index (κ2) is 10.8. The number of nitrogens with two attached hydrogens (primary N) is 1. The molecule has 0 spiro atoms. The Morgan fingerprint density at radius 3 is 2.33 bits per heavy atom. The van der Waals surface area contributed by atoms with Crippen LogP contribution in [0.2, 0.25) is 0 Å². The Hall–Kier alpha value is -3.12. The molecular weight excluding hydrogens is 352 g/mol. The highest BCUT2D eigenvalue weighted by atomic mass is 16.5. The van der Waals surface area contributed by atoms with Crippen molar-refractivity contribution in [2.45, 2.75) is 45.1 Å². The summed E-state index contributed by atoms with van der Waals surface area (Å²) < 4.78 is 5.02. The van der Waals surface area contributed by atoms with E-state index in [0.717, 1.165) is 5.56 Å². The first-order valence-corrected chi connectivity index (χ1v) is 8.38. The van der Waals surface area contributed by atoms with Gasteiger partial charge in [-0.2, -0.15) is 5.26 Å². The lowest BCUT2D eigenvalue weighted by Crippen LogP contribution is -2.58. The van der Waals surface area contributed by atoms with E-state index in [2.05, 4.69) is 10.6 Å². The van der Waals surface area contributed by atoms with Gasteiger partial charge in [-0.1, -0.05) is 37.3 Å². The number of benzene rings is 1. The van der Waals surface area contributed by atoms with Crippen molar-refractivity contribution in [2.24, 2.45) is 11.7 Å². The fourth-order valence-corrected chi connectivity index (χ4v) is 2.30. The van der Waals surface area contributed by atoms with Gasteiger partial charge in [-0.15, -0.1) is 0 Å². The molecule has 0 unspecified atom stereocenters. The molecule has 0 bridgehead atoms. The zero-order valence-corrected chi connectivity index (χ0v) is 15.2. The molecule has 4 atom stereocenters. The Labute approximate surface area is 157 Å². The molecule has 9 nitrogen and oxygen atoms in total. The summed E-state index contributed by atoms with van der Waals surface area (Å²) in [6, 6.07) is 8.35. The maximum atomic E-state index is 12.4. The van der Waals surface area contributed by atoms with Gasteiger partial charge in [-0.25, -0.2) is 4.79 Å². The molecule has 0 aliphatic carbocycles. The molecule has 0 heterocycles. The van der Waals surface area contributed by atoms with Crippen molar-refractivity contribution in [1.29, 1.82) is 5.26 Å². The molecule has 0 saturated carbocycles. The van der Waals surface area contributed by atoms with Crippen molar-refractivity contribution in [1.82, 2.24) is 10.6 Å². The Morgan fingerprint density at radius 2 is 1.81 bits per heavy atom. The van der Waals surface area contributed by atoms with Crippen molar-refractivity contribution in [2.75, 3.05) is 0 Å². The molecule has 5 N–H and O–H groups in total. The topological polar surface area (TPSA) is 155 Å². The van der Waals surface area contributed by atoms with E-state index in [0.29, 0.717) is 0 Å². The predicted octanol–water partition coefficient (Wildman–Crippen LogP) is 0.182. The van der Waals surface area contributed by atoms with Gasteiger partial charge in [0.05, 0.1) is 12.2 Å². The normalized spacial score (nSPS) is 14.7. The number of nitriles is 1. The van der Waals surface area contributed by atoms with Crippen molar-refractivity contribution >= 4 is 17.9 Å². The van der Waals surface area contributed by atoms with E-state index >= 15 is 0 Å². The van der Waals surface area contributed by atoms with Crippen LogP contribution < -0.4 is 16.4 Å². The third kappa shape index (κ3) is 7.33. The van der Waals surface area contributed by atoms with Crippen molar-refractivity contribution in [3.63, 3.8) is 0 Å². The van der Waals surface area contributed by atoms with E-state index in [1.165, 1.54) is 6.92 Å². The number of nitrogens with one attached hydrogen (secondary N) is 2. The summed E-state index contributed by atoms with van der Waals surface area (Å²) in [5, 5.41) is 23.2. The Balaban J connectivity index is 2.70. The van der Waals surface area contributed by atoms with Crippen LogP contribution in [-0.2, 0) is 20.9 Å². The average molecular weight is 376 g/mol. The van der Waals surface area contributed by atoms with Crippen molar-refractivity contribution in [3.8, 4) is 6.07 Å². The van der Waals surface area contributed by atoms with Crippen LogP contribution >= 0.6 is 0 Å². The van der Waals surface area contributed by atoms with E-state index in [4.69, 9.17) is 15.7 Å². The number of carbonyl (C=O) groups excluding carboxylic acids is 3. The van der Waals surface area contributed by atoms with Gasteiger partial charge in [0.1, 0.15) is 18.7 Å². The number of rotatable bonds is 9. The van der Waals surface area contributed by atoms with Crippen LogP contribution in [0.4, 0.5) is 4.79 Å². The molecule has 0 radical (unpaired) electrons. The predicted molar refractivity (Wildman–Crippen MR) is 95.8 cm³/mol. The van der Waals surface area contributed by atoms with Gasteiger partial charge in [-0.3, -0.25) is 9.59 Å². The third-order valence-electron chi connectivity index (χ3n) is 3.84. The van der Waals surface area contributed by atoms with Crippen LogP contribution in [-0.4, -0.2) is 41.2 Å². The molecule has 1 rings (SSSR count). The monoisotopic (exact) mass is 376 g/mol. The Morgan fingerprint density at radius 1 is 1.19 bits per heavy atom. The maximum Gasteiger partial charge on any atom is 0.408 e. The molecule has 0 aromatic heterocycles. The highest BCUT2D eigenvalue weighted by Crippen LogP contribution is 2.08. The minimum atomic E-state index is -1.36. The Kier molecular flexibility index (Phi) is 8.75. The first-order chi connectivity index (χ1) is 12.8. The standard InChI is InChI=1S/C18H24N4O5/c1-11(8-9-19)14(16(20)24)21-17(25)15(12(2)23)22-18(26)27-10-13-6-4-3-5-7-13/h3-7,11-12,14-15,23H,8,10H2,1-2H3,(H2,20,24)(H,21,25)(H,22,26)/t11-,12-,14-,15+/m1/s1. The maximum absolute atomic E-state index is 12.4. The fraction of sp³-hybridized carbons (Fsp3) is 0.444. The SMILES string of the molecule is C[C@H](CC#N)[C@@H](NC(=O)[C@@H](NC(=O)OCc1ccccc1)[C@@H](C)O)C(N)=O. The first kappa shape index (κ1) is 21.9. The molecule has 27 heavy (non-hydrogen) atoms. The lowest BCUT2D eigenvalue weighted by Gasteiger charge is -2.25. The van der Waals surface area contributed by atoms with E-state index < -0.39 is 42.0 Å².